The number of imidazole rings is 1. The minimum Gasteiger partial charge on any atom is -0.508 e. The third-order valence-electron chi connectivity index (χ3n) is 6.42. The summed E-state index contributed by atoms with van der Waals surface area (Å²) in [6, 6.07) is 17.8. The fraction of sp³-hybridized carbons (Fsp3) is 0.148. The number of phenolic OH excluding ortho intramolecular Hbond substituents is 1. The molecule has 6 rings (SSSR count). The van der Waals surface area contributed by atoms with Gasteiger partial charge in [0.15, 0.2) is 0 Å². The molecule has 3 N–H and O–H groups in total. The van der Waals surface area contributed by atoms with Crippen LogP contribution in [0.3, 0.4) is 0 Å². The summed E-state index contributed by atoms with van der Waals surface area (Å²) < 4.78 is 5.66. The van der Waals surface area contributed by atoms with Gasteiger partial charge in [-0.3, -0.25) is 14.5 Å². The van der Waals surface area contributed by atoms with Gasteiger partial charge in [0.05, 0.1) is 29.3 Å². The van der Waals surface area contributed by atoms with E-state index in [1.807, 2.05) is 18.2 Å². The normalized spacial score (nSPS) is 19.1. The second kappa shape index (κ2) is 8.02. The molecule has 0 radical (unpaired) electrons. The summed E-state index contributed by atoms with van der Waals surface area (Å²) in [7, 11) is 0. The van der Waals surface area contributed by atoms with Crippen molar-refractivity contribution in [1.82, 2.24) is 9.97 Å². The summed E-state index contributed by atoms with van der Waals surface area (Å²) in [6.07, 6.45) is 1.65. The van der Waals surface area contributed by atoms with Crippen LogP contribution in [0.1, 0.15) is 29.2 Å². The van der Waals surface area contributed by atoms with E-state index in [4.69, 9.17) is 4.74 Å². The molecule has 0 aliphatic carbocycles. The maximum Gasteiger partial charge on any atom is 0.302 e. The molecule has 1 saturated heterocycles. The number of ketones is 1. The zero-order chi connectivity index (χ0) is 24.1. The van der Waals surface area contributed by atoms with Crippen molar-refractivity contribution >= 4 is 34.4 Å². The van der Waals surface area contributed by atoms with E-state index in [0.29, 0.717) is 28.8 Å². The molecule has 1 unspecified atom stereocenters. The van der Waals surface area contributed by atoms with Gasteiger partial charge < -0.3 is 19.9 Å². The van der Waals surface area contributed by atoms with Crippen molar-refractivity contribution in [3.63, 3.8) is 0 Å². The van der Waals surface area contributed by atoms with Gasteiger partial charge in [-0.2, -0.15) is 0 Å². The second-order valence-corrected chi connectivity index (χ2v) is 8.62. The van der Waals surface area contributed by atoms with Gasteiger partial charge in [-0.25, -0.2) is 4.98 Å². The average Bonchev–Trinajstić information content (AvgIpc) is 3.41. The number of fused-ring (bicyclic) bond motifs is 2. The number of aromatic hydroxyl groups is 1. The number of aromatic amines is 1. The van der Waals surface area contributed by atoms with Gasteiger partial charge in [0.25, 0.3) is 5.78 Å². The highest BCUT2D eigenvalue weighted by Crippen LogP contribution is 2.42. The average molecular weight is 467 g/mol. The number of amides is 1. The summed E-state index contributed by atoms with van der Waals surface area (Å²) >= 11 is 0. The smallest absolute Gasteiger partial charge is 0.302 e. The number of hydrogen-bond donors (Lipinski definition) is 3. The van der Waals surface area contributed by atoms with E-state index >= 15 is 0 Å². The minimum atomic E-state index is -0.991. The van der Waals surface area contributed by atoms with Crippen LogP contribution in [0, 0.1) is 0 Å². The Bertz CT molecular complexity index is 1500. The number of Topliss-reactive ketones (excluding diaryl/α,β-unsaturated/α-hetero) is 1. The maximum atomic E-state index is 13.3. The number of aryl methyl sites for hydroxylation is 1. The predicted octanol–water partition coefficient (Wildman–Crippen LogP) is 4.22. The van der Waals surface area contributed by atoms with Gasteiger partial charge in [0.1, 0.15) is 17.3 Å². The van der Waals surface area contributed by atoms with Crippen molar-refractivity contribution in [3.05, 3.63) is 89.0 Å². The molecule has 1 fully saturated rings. The van der Waals surface area contributed by atoms with Crippen molar-refractivity contribution in [1.29, 1.82) is 0 Å². The summed E-state index contributed by atoms with van der Waals surface area (Å²) in [6.45, 7) is 0.637. The van der Waals surface area contributed by atoms with Crippen LogP contribution in [0.4, 0.5) is 5.95 Å². The highest BCUT2D eigenvalue weighted by atomic mass is 16.5. The molecular formula is C27H21N3O5. The van der Waals surface area contributed by atoms with E-state index in [2.05, 4.69) is 9.97 Å². The molecule has 8 nitrogen and oxygen atoms in total. The van der Waals surface area contributed by atoms with Crippen molar-refractivity contribution in [2.24, 2.45) is 0 Å². The van der Waals surface area contributed by atoms with E-state index in [-0.39, 0.29) is 23.0 Å². The lowest BCUT2D eigenvalue weighted by Gasteiger charge is -2.23. The first kappa shape index (κ1) is 21.0. The van der Waals surface area contributed by atoms with Crippen LogP contribution in [0.5, 0.6) is 11.5 Å². The standard InChI is InChI=1S/C27H21N3O5/c31-18-7-3-5-16(14-18)23-22(24(32)17-10-11-21-15(13-17)6-4-12-35-21)25(33)26(34)30(23)27-28-19-8-1-2-9-20(19)29-27/h1-3,5,7-11,13-14,23,31-32H,4,6,12H2,(H,28,29)/b24-22+. The van der Waals surface area contributed by atoms with Crippen LogP contribution in [0.25, 0.3) is 16.8 Å². The number of rotatable bonds is 3. The molecule has 0 spiro atoms. The lowest BCUT2D eigenvalue weighted by molar-refractivity contribution is -0.132. The summed E-state index contributed by atoms with van der Waals surface area (Å²) in [5.41, 5.74) is 3.08. The number of nitrogens with one attached hydrogen (secondary N) is 1. The molecule has 3 heterocycles. The number of phenols is 1. The van der Waals surface area contributed by atoms with Gasteiger partial charge in [-0.05, 0) is 66.4 Å². The zero-order valence-corrected chi connectivity index (χ0v) is 18.6. The molecule has 1 atom stereocenters. The number of ether oxygens (including phenoxy) is 1. The predicted molar refractivity (Wildman–Crippen MR) is 129 cm³/mol. The molecule has 174 valence electrons. The molecule has 35 heavy (non-hydrogen) atoms. The number of benzene rings is 3. The number of aliphatic hydroxyl groups is 1. The minimum absolute atomic E-state index is 0.0244. The Morgan fingerprint density at radius 3 is 2.74 bits per heavy atom. The van der Waals surface area contributed by atoms with Crippen molar-refractivity contribution in [3.8, 4) is 11.5 Å². The molecule has 3 aromatic carbocycles. The van der Waals surface area contributed by atoms with Gasteiger partial charge in [-0.15, -0.1) is 0 Å². The molecule has 0 bridgehead atoms. The Morgan fingerprint density at radius 1 is 1.06 bits per heavy atom. The van der Waals surface area contributed by atoms with E-state index < -0.39 is 17.7 Å². The number of aliphatic hydroxyl groups excluding tert-OH is 1. The van der Waals surface area contributed by atoms with Crippen LogP contribution in [0.2, 0.25) is 0 Å². The third kappa shape index (κ3) is 3.42. The van der Waals surface area contributed by atoms with E-state index in [9.17, 15) is 19.8 Å². The number of hydrogen-bond acceptors (Lipinski definition) is 6. The van der Waals surface area contributed by atoms with Crippen molar-refractivity contribution in [2.45, 2.75) is 18.9 Å². The number of nitrogens with zero attached hydrogens (tertiary/aromatic N) is 2. The molecule has 8 heteroatoms. The molecule has 1 amide bonds. The Kier molecular flexibility index (Phi) is 4.81. The van der Waals surface area contributed by atoms with Crippen LogP contribution in [-0.4, -0.2) is 38.5 Å². The van der Waals surface area contributed by atoms with Gasteiger partial charge >= 0.3 is 5.91 Å². The van der Waals surface area contributed by atoms with E-state index in [1.165, 1.54) is 17.0 Å². The number of carbonyl (C=O) groups excluding carboxylic acids is 2. The molecule has 4 aromatic rings. The van der Waals surface area contributed by atoms with Gasteiger partial charge in [0, 0.05) is 5.56 Å². The highest BCUT2D eigenvalue weighted by molar-refractivity contribution is 6.51. The number of anilines is 1. The second-order valence-electron chi connectivity index (χ2n) is 8.62. The Labute approximate surface area is 200 Å². The molecule has 0 saturated carbocycles. The first-order valence-electron chi connectivity index (χ1n) is 11.3. The van der Waals surface area contributed by atoms with Crippen LogP contribution in [0.15, 0.2) is 72.3 Å². The number of H-pyrrole nitrogens is 1. The Balaban J connectivity index is 1.55. The number of aromatic nitrogens is 2. The summed E-state index contributed by atoms with van der Waals surface area (Å²) in [5.74, 6) is -1.03. The third-order valence-corrected chi connectivity index (χ3v) is 6.42. The van der Waals surface area contributed by atoms with Gasteiger partial charge in [0.2, 0.25) is 5.95 Å². The SMILES string of the molecule is O=C1C(=O)N(c2nc3ccccc3[nH]2)C(c2cccc(O)c2)/C1=C(\O)c1ccc2c(c1)CCCO2. The molecule has 2 aliphatic rings. The zero-order valence-electron chi connectivity index (χ0n) is 18.6. The topological polar surface area (TPSA) is 116 Å². The molecular weight excluding hydrogens is 446 g/mol. The quantitative estimate of drug-likeness (QED) is 0.236. The molecule has 1 aromatic heterocycles. The first-order chi connectivity index (χ1) is 17.0. The molecule has 2 aliphatic heterocycles. The highest BCUT2D eigenvalue weighted by Gasteiger charge is 2.48. The number of para-hydroxylation sites is 2. The van der Waals surface area contributed by atoms with E-state index in [0.717, 1.165) is 24.2 Å². The summed E-state index contributed by atoms with van der Waals surface area (Å²) in [5, 5.41) is 21.5. The Morgan fingerprint density at radius 2 is 1.91 bits per heavy atom. The van der Waals surface area contributed by atoms with Gasteiger partial charge in [-0.1, -0.05) is 24.3 Å². The van der Waals surface area contributed by atoms with Crippen LogP contribution < -0.4 is 9.64 Å². The monoisotopic (exact) mass is 467 g/mol. The Hall–Kier alpha value is -4.59. The lowest BCUT2D eigenvalue weighted by Crippen LogP contribution is -2.30. The largest absolute Gasteiger partial charge is 0.508 e. The van der Waals surface area contributed by atoms with Crippen LogP contribution >= 0.6 is 0 Å². The first-order valence-corrected chi connectivity index (χ1v) is 11.3. The van der Waals surface area contributed by atoms with Crippen molar-refractivity contribution < 1.29 is 24.5 Å². The maximum absolute atomic E-state index is 13.3. The summed E-state index contributed by atoms with van der Waals surface area (Å²) in [4.78, 5) is 35.5. The number of carbonyl (C=O) groups is 2. The van der Waals surface area contributed by atoms with E-state index in [1.54, 1.807) is 36.4 Å². The lowest BCUT2D eigenvalue weighted by atomic mass is 9.94. The van der Waals surface area contributed by atoms with Crippen LogP contribution in [-0.2, 0) is 16.0 Å². The van der Waals surface area contributed by atoms with Crippen molar-refractivity contribution in [2.75, 3.05) is 11.5 Å². The fourth-order valence-corrected chi connectivity index (χ4v) is 4.78. The fourth-order valence-electron chi connectivity index (χ4n) is 4.78.